The van der Waals surface area contributed by atoms with Gasteiger partial charge in [-0.3, -0.25) is 14.4 Å². The van der Waals surface area contributed by atoms with Crippen LogP contribution < -0.4 is 10.2 Å². The van der Waals surface area contributed by atoms with Gasteiger partial charge in [0.25, 0.3) is 11.8 Å². The fourth-order valence-corrected chi connectivity index (χ4v) is 4.32. The number of anilines is 2. The maximum atomic E-state index is 13.4. The standard InChI is InChI=1S/C25H17N3O3S/c1-16(29)27-19-11-9-18(10-12-19)22-23(32-21-5-3-2-4-6-21)25(31)28(24(22)30)20-13-7-17(15-26)8-14-20/h2-14H,1H3,(H,27,29). The predicted molar refractivity (Wildman–Crippen MR) is 124 cm³/mol. The molecule has 1 heterocycles. The highest BCUT2D eigenvalue weighted by molar-refractivity contribution is 8.04. The minimum Gasteiger partial charge on any atom is -0.326 e. The van der Waals surface area contributed by atoms with Gasteiger partial charge in [-0.2, -0.15) is 5.26 Å². The Balaban J connectivity index is 1.77. The summed E-state index contributed by atoms with van der Waals surface area (Å²) in [5.41, 5.74) is 2.30. The number of hydrogen-bond acceptors (Lipinski definition) is 5. The van der Waals surface area contributed by atoms with Gasteiger partial charge in [0.2, 0.25) is 5.91 Å². The Kier molecular flexibility index (Phi) is 5.88. The molecule has 0 spiro atoms. The molecule has 0 fully saturated rings. The first kappa shape index (κ1) is 21.1. The summed E-state index contributed by atoms with van der Waals surface area (Å²) in [5, 5.41) is 11.7. The lowest BCUT2D eigenvalue weighted by Gasteiger charge is -2.15. The van der Waals surface area contributed by atoms with E-state index in [9.17, 15) is 14.4 Å². The number of hydrogen-bond donors (Lipinski definition) is 1. The van der Waals surface area contributed by atoms with Crippen LogP contribution >= 0.6 is 11.8 Å². The summed E-state index contributed by atoms with van der Waals surface area (Å²) in [6.45, 7) is 1.42. The predicted octanol–water partition coefficient (Wildman–Crippen LogP) is 4.59. The van der Waals surface area contributed by atoms with Gasteiger partial charge in [-0.15, -0.1) is 0 Å². The Labute approximate surface area is 189 Å². The average molecular weight is 439 g/mol. The molecular formula is C25H17N3O3S. The van der Waals surface area contributed by atoms with Crippen molar-refractivity contribution in [3.63, 3.8) is 0 Å². The third-order valence-corrected chi connectivity index (χ3v) is 5.84. The summed E-state index contributed by atoms with van der Waals surface area (Å²) in [6, 6.07) is 24.5. The summed E-state index contributed by atoms with van der Waals surface area (Å²) < 4.78 is 0. The van der Waals surface area contributed by atoms with E-state index < -0.39 is 11.8 Å². The number of nitrogens with one attached hydrogen (secondary N) is 1. The Morgan fingerprint density at radius 1 is 0.906 bits per heavy atom. The molecule has 3 amide bonds. The normalized spacial score (nSPS) is 13.3. The molecule has 0 atom stereocenters. The number of thioether (sulfide) groups is 1. The first-order valence-corrected chi connectivity index (χ1v) is 10.5. The van der Waals surface area contributed by atoms with Crippen LogP contribution in [0.5, 0.6) is 0 Å². The average Bonchev–Trinajstić information content (AvgIpc) is 3.04. The maximum Gasteiger partial charge on any atom is 0.272 e. The van der Waals surface area contributed by atoms with Crippen LogP contribution in [0.15, 0.2) is 88.7 Å². The molecule has 0 aromatic heterocycles. The minimum atomic E-state index is -0.439. The van der Waals surface area contributed by atoms with Crippen molar-refractivity contribution in [2.75, 3.05) is 10.2 Å². The molecule has 32 heavy (non-hydrogen) atoms. The van der Waals surface area contributed by atoms with Gasteiger partial charge in [0.05, 0.1) is 27.8 Å². The smallest absolute Gasteiger partial charge is 0.272 e. The van der Waals surface area contributed by atoms with E-state index in [0.717, 1.165) is 9.80 Å². The number of imide groups is 1. The van der Waals surface area contributed by atoms with E-state index in [2.05, 4.69) is 5.32 Å². The molecule has 0 aliphatic carbocycles. The number of nitriles is 1. The number of carbonyl (C=O) groups excluding carboxylic acids is 3. The topological polar surface area (TPSA) is 90.3 Å². The highest BCUT2D eigenvalue weighted by Gasteiger charge is 2.40. The van der Waals surface area contributed by atoms with E-state index in [0.29, 0.717) is 33.0 Å². The van der Waals surface area contributed by atoms with Crippen molar-refractivity contribution in [2.45, 2.75) is 11.8 Å². The number of amides is 3. The molecular weight excluding hydrogens is 422 g/mol. The zero-order valence-corrected chi connectivity index (χ0v) is 17.8. The molecule has 3 aromatic rings. The zero-order chi connectivity index (χ0) is 22.7. The Hall–Kier alpha value is -4.15. The fourth-order valence-electron chi connectivity index (χ4n) is 3.31. The first-order chi connectivity index (χ1) is 15.5. The molecule has 7 heteroatoms. The van der Waals surface area contributed by atoms with Crippen LogP contribution in [0.3, 0.4) is 0 Å². The van der Waals surface area contributed by atoms with Gasteiger partial charge in [0, 0.05) is 17.5 Å². The zero-order valence-electron chi connectivity index (χ0n) is 17.0. The van der Waals surface area contributed by atoms with E-state index in [4.69, 9.17) is 5.26 Å². The van der Waals surface area contributed by atoms with Crippen LogP contribution in [0, 0.1) is 11.3 Å². The van der Waals surface area contributed by atoms with Crippen LogP contribution in [-0.2, 0) is 14.4 Å². The number of benzene rings is 3. The summed E-state index contributed by atoms with van der Waals surface area (Å²) in [5.74, 6) is -1.06. The van der Waals surface area contributed by atoms with E-state index in [-0.39, 0.29) is 5.91 Å². The third kappa shape index (κ3) is 4.17. The lowest BCUT2D eigenvalue weighted by molar-refractivity contribution is -0.120. The van der Waals surface area contributed by atoms with Crippen molar-refractivity contribution in [3.05, 3.63) is 94.9 Å². The second-order valence-electron chi connectivity index (χ2n) is 6.98. The molecule has 1 N–H and O–H groups in total. The highest BCUT2D eigenvalue weighted by atomic mass is 32.2. The van der Waals surface area contributed by atoms with Gasteiger partial charge in [-0.25, -0.2) is 4.90 Å². The number of nitrogens with zero attached hydrogens (tertiary/aromatic N) is 2. The molecule has 1 aliphatic rings. The van der Waals surface area contributed by atoms with Crippen molar-refractivity contribution in [2.24, 2.45) is 0 Å². The van der Waals surface area contributed by atoms with Gasteiger partial charge in [-0.1, -0.05) is 42.1 Å². The van der Waals surface area contributed by atoms with Crippen molar-refractivity contribution < 1.29 is 14.4 Å². The summed E-state index contributed by atoms with van der Waals surface area (Å²) in [7, 11) is 0. The second kappa shape index (κ2) is 8.92. The third-order valence-electron chi connectivity index (χ3n) is 4.75. The van der Waals surface area contributed by atoms with Crippen LogP contribution in [0.25, 0.3) is 5.57 Å². The van der Waals surface area contributed by atoms with Gasteiger partial charge in [-0.05, 0) is 54.1 Å². The fraction of sp³-hybridized carbons (Fsp3) is 0.0400. The van der Waals surface area contributed by atoms with Crippen molar-refractivity contribution in [3.8, 4) is 6.07 Å². The first-order valence-electron chi connectivity index (χ1n) is 9.72. The highest BCUT2D eigenvalue weighted by Crippen LogP contribution is 2.41. The molecule has 0 saturated heterocycles. The monoisotopic (exact) mass is 439 g/mol. The van der Waals surface area contributed by atoms with E-state index in [1.54, 1.807) is 48.5 Å². The van der Waals surface area contributed by atoms with Gasteiger partial charge < -0.3 is 5.32 Å². The Bertz CT molecular complexity index is 1270. The number of carbonyl (C=O) groups is 3. The molecule has 0 bridgehead atoms. The quantitative estimate of drug-likeness (QED) is 0.587. The summed E-state index contributed by atoms with van der Waals surface area (Å²) >= 11 is 1.23. The lowest BCUT2D eigenvalue weighted by Crippen LogP contribution is -2.31. The van der Waals surface area contributed by atoms with Crippen LogP contribution in [-0.4, -0.2) is 17.7 Å². The maximum absolute atomic E-state index is 13.4. The Morgan fingerprint density at radius 2 is 1.56 bits per heavy atom. The lowest BCUT2D eigenvalue weighted by atomic mass is 10.1. The molecule has 0 radical (unpaired) electrons. The van der Waals surface area contributed by atoms with Gasteiger partial charge in [0.15, 0.2) is 0 Å². The SMILES string of the molecule is CC(=O)Nc1ccc(C2=C(Sc3ccccc3)C(=O)N(c3ccc(C#N)cc3)C2=O)cc1. The molecule has 0 unspecified atom stereocenters. The Morgan fingerprint density at radius 3 is 2.16 bits per heavy atom. The molecule has 4 rings (SSSR count). The van der Waals surface area contributed by atoms with E-state index in [1.165, 1.54) is 18.7 Å². The second-order valence-corrected chi connectivity index (χ2v) is 8.07. The van der Waals surface area contributed by atoms with E-state index >= 15 is 0 Å². The number of rotatable bonds is 5. The molecule has 3 aromatic carbocycles. The van der Waals surface area contributed by atoms with E-state index in [1.807, 2.05) is 36.4 Å². The van der Waals surface area contributed by atoms with Gasteiger partial charge >= 0.3 is 0 Å². The molecule has 156 valence electrons. The van der Waals surface area contributed by atoms with Crippen LogP contribution in [0.4, 0.5) is 11.4 Å². The van der Waals surface area contributed by atoms with Gasteiger partial charge in [0.1, 0.15) is 0 Å². The van der Waals surface area contributed by atoms with Crippen molar-refractivity contribution >= 4 is 46.4 Å². The van der Waals surface area contributed by atoms with Crippen molar-refractivity contribution in [1.82, 2.24) is 0 Å². The molecule has 1 aliphatic heterocycles. The molecule has 0 saturated carbocycles. The summed E-state index contributed by atoms with van der Waals surface area (Å²) in [6.07, 6.45) is 0. The van der Waals surface area contributed by atoms with Crippen LogP contribution in [0.2, 0.25) is 0 Å². The summed E-state index contributed by atoms with van der Waals surface area (Å²) in [4.78, 5) is 40.4. The van der Waals surface area contributed by atoms with Crippen molar-refractivity contribution in [1.29, 1.82) is 5.26 Å². The molecule has 6 nitrogen and oxygen atoms in total. The minimum absolute atomic E-state index is 0.198. The van der Waals surface area contributed by atoms with Crippen LogP contribution in [0.1, 0.15) is 18.1 Å². The largest absolute Gasteiger partial charge is 0.326 e.